The number of carbonyl (C=O) groups excluding carboxylic acids is 2. The lowest BCUT2D eigenvalue weighted by Gasteiger charge is -2.41. The van der Waals surface area contributed by atoms with Crippen molar-refractivity contribution in [2.45, 2.75) is 57.4 Å². The van der Waals surface area contributed by atoms with Crippen molar-refractivity contribution in [3.05, 3.63) is 0 Å². The van der Waals surface area contributed by atoms with Crippen LogP contribution < -0.4 is 5.32 Å². The van der Waals surface area contributed by atoms with Gasteiger partial charge in [0.2, 0.25) is 11.8 Å². The number of piperidine rings is 1. The SMILES string of the molecule is CC1(N2C(=O)CC3(CCCC3)C2=O)CCNCC1. The van der Waals surface area contributed by atoms with E-state index in [1.807, 2.05) is 0 Å². The fourth-order valence-electron chi connectivity index (χ4n) is 3.97. The van der Waals surface area contributed by atoms with E-state index in [4.69, 9.17) is 0 Å². The molecule has 1 spiro atoms. The third-order valence-corrected chi connectivity index (χ3v) is 5.18. The fraction of sp³-hybridized carbons (Fsp3) is 0.857. The van der Waals surface area contributed by atoms with E-state index in [1.54, 1.807) is 4.90 Å². The highest BCUT2D eigenvalue weighted by molar-refractivity contribution is 6.06. The van der Waals surface area contributed by atoms with Gasteiger partial charge in [-0.25, -0.2) is 0 Å². The zero-order valence-electron chi connectivity index (χ0n) is 11.1. The molecule has 1 aliphatic carbocycles. The Kier molecular flexibility index (Phi) is 2.73. The van der Waals surface area contributed by atoms with Gasteiger partial charge >= 0.3 is 0 Å². The minimum Gasteiger partial charge on any atom is -0.317 e. The number of nitrogens with one attached hydrogen (secondary N) is 1. The predicted molar refractivity (Wildman–Crippen MR) is 67.9 cm³/mol. The molecule has 2 heterocycles. The van der Waals surface area contributed by atoms with Crippen molar-refractivity contribution in [1.82, 2.24) is 10.2 Å². The summed E-state index contributed by atoms with van der Waals surface area (Å²) in [6.45, 7) is 3.89. The third-order valence-electron chi connectivity index (χ3n) is 5.18. The molecule has 1 N–H and O–H groups in total. The summed E-state index contributed by atoms with van der Waals surface area (Å²) in [7, 11) is 0. The van der Waals surface area contributed by atoms with Crippen LogP contribution in [0, 0.1) is 5.41 Å². The van der Waals surface area contributed by atoms with E-state index in [2.05, 4.69) is 12.2 Å². The highest BCUT2D eigenvalue weighted by Crippen LogP contribution is 2.49. The molecular weight excluding hydrogens is 228 g/mol. The smallest absolute Gasteiger partial charge is 0.236 e. The standard InChI is InChI=1S/C14H22N2O2/c1-13(6-8-15-9-7-13)16-11(17)10-14(12(16)18)4-2-3-5-14/h15H,2-10H2,1H3. The van der Waals surface area contributed by atoms with Gasteiger partial charge in [-0.05, 0) is 45.7 Å². The van der Waals surface area contributed by atoms with Crippen molar-refractivity contribution in [2.75, 3.05) is 13.1 Å². The van der Waals surface area contributed by atoms with Crippen molar-refractivity contribution >= 4 is 11.8 Å². The van der Waals surface area contributed by atoms with Gasteiger partial charge in [0.05, 0.1) is 11.0 Å². The number of amides is 2. The van der Waals surface area contributed by atoms with Gasteiger partial charge < -0.3 is 5.32 Å². The maximum absolute atomic E-state index is 12.7. The van der Waals surface area contributed by atoms with Crippen LogP contribution in [0.25, 0.3) is 0 Å². The average molecular weight is 250 g/mol. The Morgan fingerprint density at radius 1 is 1.06 bits per heavy atom. The van der Waals surface area contributed by atoms with Crippen LogP contribution in [0.5, 0.6) is 0 Å². The number of carbonyl (C=O) groups is 2. The molecule has 1 saturated carbocycles. The molecule has 0 bridgehead atoms. The largest absolute Gasteiger partial charge is 0.317 e. The maximum atomic E-state index is 12.7. The van der Waals surface area contributed by atoms with Gasteiger partial charge in [-0.2, -0.15) is 0 Å². The molecule has 3 fully saturated rings. The molecule has 0 aromatic heterocycles. The van der Waals surface area contributed by atoms with Crippen LogP contribution in [-0.4, -0.2) is 35.3 Å². The monoisotopic (exact) mass is 250 g/mol. The minimum absolute atomic E-state index is 0.0753. The molecule has 0 unspecified atom stereocenters. The summed E-state index contributed by atoms with van der Waals surface area (Å²) in [4.78, 5) is 26.7. The van der Waals surface area contributed by atoms with Crippen molar-refractivity contribution in [3.63, 3.8) is 0 Å². The van der Waals surface area contributed by atoms with Gasteiger partial charge in [0, 0.05) is 6.42 Å². The average Bonchev–Trinajstić information content (AvgIpc) is 2.88. The molecule has 0 aromatic rings. The number of nitrogens with zero attached hydrogens (tertiary/aromatic N) is 1. The molecule has 0 aromatic carbocycles. The summed E-state index contributed by atoms with van der Waals surface area (Å²) in [6.07, 6.45) is 6.29. The van der Waals surface area contributed by atoms with E-state index in [0.717, 1.165) is 51.6 Å². The first-order chi connectivity index (χ1) is 8.57. The van der Waals surface area contributed by atoms with Crippen molar-refractivity contribution in [2.24, 2.45) is 5.41 Å². The lowest BCUT2D eigenvalue weighted by molar-refractivity contribution is -0.149. The Labute approximate surface area is 108 Å². The normalized spacial score (nSPS) is 30.4. The molecule has 3 rings (SSSR count). The predicted octanol–water partition coefficient (Wildman–Crippen LogP) is 1.45. The van der Waals surface area contributed by atoms with Crippen LogP contribution in [0.2, 0.25) is 0 Å². The van der Waals surface area contributed by atoms with E-state index in [9.17, 15) is 9.59 Å². The van der Waals surface area contributed by atoms with Crippen molar-refractivity contribution in [3.8, 4) is 0 Å². The second kappa shape index (κ2) is 4.05. The number of imide groups is 1. The van der Waals surface area contributed by atoms with E-state index >= 15 is 0 Å². The molecule has 2 aliphatic heterocycles. The molecule has 0 radical (unpaired) electrons. The molecule has 2 amide bonds. The molecule has 2 saturated heterocycles. The summed E-state index contributed by atoms with van der Waals surface area (Å²) in [6, 6.07) is 0. The van der Waals surface area contributed by atoms with Gasteiger partial charge in [0.1, 0.15) is 0 Å². The van der Waals surface area contributed by atoms with Crippen LogP contribution in [0.4, 0.5) is 0 Å². The molecule has 4 heteroatoms. The molecule has 18 heavy (non-hydrogen) atoms. The summed E-state index contributed by atoms with van der Waals surface area (Å²) < 4.78 is 0. The zero-order chi connectivity index (χ0) is 12.8. The number of hydrogen-bond acceptors (Lipinski definition) is 3. The topological polar surface area (TPSA) is 49.4 Å². The van der Waals surface area contributed by atoms with Crippen LogP contribution in [0.3, 0.4) is 0 Å². The highest BCUT2D eigenvalue weighted by atomic mass is 16.2. The summed E-state index contributed by atoms with van der Waals surface area (Å²) >= 11 is 0. The molecule has 100 valence electrons. The lowest BCUT2D eigenvalue weighted by atomic mass is 9.83. The summed E-state index contributed by atoms with van der Waals surface area (Å²) in [5, 5.41) is 3.30. The lowest BCUT2D eigenvalue weighted by Crippen LogP contribution is -2.55. The van der Waals surface area contributed by atoms with Gasteiger partial charge in [0.15, 0.2) is 0 Å². The first-order valence-electron chi connectivity index (χ1n) is 7.16. The molecular formula is C14H22N2O2. The van der Waals surface area contributed by atoms with E-state index < -0.39 is 0 Å². The van der Waals surface area contributed by atoms with Gasteiger partial charge in [-0.3, -0.25) is 14.5 Å². The highest BCUT2D eigenvalue weighted by Gasteiger charge is 2.57. The number of likely N-dealkylation sites (tertiary alicyclic amines) is 1. The minimum atomic E-state index is -0.315. The molecule has 3 aliphatic rings. The van der Waals surface area contributed by atoms with Crippen molar-refractivity contribution in [1.29, 1.82) is 0 Å². The van der Waals surface area contributed by atoms with Gasteiger partial charge in [-0.15, -0.1) is 0 Å². The van der Waals surface area contributed by atoms with Crippen LogP contribution in [0.1, 0.15) is 51.9 Å². The second-order valence-electron chi connectivity index (χ2n) is 6.45. The zero-order valence-corrected chi connectivity index (χ0v) is 11.1. The van der Waals surface area contributed by atoms with Gasteiger partial charge in [-0.1, -0.05) is 12.8 Å². The Morgan fingerprint density at radius 3 is 2.28 bits per heavy atom. The van der Waals surface area contributed by atoms with Crippen LogP contribution >= 0.6 is 0 Å². The fourth-order valence-corrected chi connectivity index (χ4v) is 3.97. The first kappa shape index (κ1) is 12.2. The summed E-state index contributed by atoms with van der Waals surface area (Å²) in [5.74, 6) is 0.209. The van der Waals surface area contributed by atoms with E-state index in [0.29, 0.717) is 6.42 Å². The van der Waals surface area contributed by atoms with Crippen LogP contribution in [-0.2, 0) is 9.59 Å². The Balaban J connectivity index is 1.88. The number of rotatable bonds is 1. The third kappa shape index (κ3) is 1.62. The Bertz CT molecular complexity index is 379. The second-order valence-corrected chi connectivity index (χ2v) is 6.45. The summed E-state index contributed by atoms with van der Waals surface area (Å²) in [5.41, 5.74) is -0.559. The Hall–Kier alpha value is -0.900. The Morgan fingerprint density at radius 2 is 1.67 bits per heavy atom. The molecule has 0 atom stereocenters. The molecule has 4 nitrogen and oxygen atoms in total. The van der Waals surface area contributed by atoms with Crippen LogP contribution in [0.15, 0.2) is 0 Å². The van der Waals surface area contributed by atoms with Gasteiger partial charge in [0.25, 0.3) is 0 Å². The quantitative estimate of drug-likeness (QED) is 0.717. The van der Waals surface area contributed by atoms with Crippen molar-refractivity contribution < 1.29 is 9.59 Å². The first-order valence-corrected chi connectivity index (χ1v) is 7.16. The van der Waals surface area contributed by atoms with E-state index in [-0.39, 0.29) is 22.8 Å². The number of hydrogen-bond donors (Lipinski definition) is 1. The van der Waals surface area contributed by atoms with E-state index in [1.165, 1.54) is 0 Å². The maximum Gasteiger partial charge on any atom is 0.236 e.